The van der Waals surface area contributed by atoms with Gasteiger partial charge in [-0.2, -0.15) is 10.4 Å². The molecule has 1 saturated heterocycles. The lowest BCUT2D eigenvalue weighted by Gasteiger charge is -2.38. The summed E-state index contributed by atoms with van der Waals surface area (Å²) < 4.78 is 12.5. The van der Waals surface area contributed by atoms with Crippen molar-refractivity contribution in [1.29, 1.82) is 5.26 Å². The Kier molecular flexibility index (Phi) is 4.54. The topological polar surface area (TPSA) is 101 Å². The van der Waals surface area contributed by atoms with Crippen molar-refractivity contribution in [2.24, 2.45) is 5.41 Å². The summed E-state index contributed by atoms with van der Waals surface area (Å²) in [7, 11) is 0. The first kappa shape index (κ1) is 19.0. The standard InChI is InChI=1S/C18H25N5O4/c1-12-7-23-14(8-21(12)16(25)27-17(2,3)4)13(6-20-23)22-10-18(5,9-19)11-26-15(22)24/h6,12H,7-8,10-11H2,1-5H3/t12-,18?/m0/s1. The molecule has 2 aliphatic heterocycles. The molecular weight excluding hydrogens is 350 g/mol. The van der Waals surface area contributed by atoms with Crippen LogP contribution in [0.4, 0.5) is 15.3 Å². The SMILES string of the molecule is C[C@H]1Cn2ncc(N3CC(C)(C#N)COC3=O)c2CN1C(=O)OC(C)(C)C. The molecule has 0 N–H and O–H groups in total. The molecule has 0 saturated carbocycles. The number of rotatable bonds is 1. The summed E-state index contributed by atoms with van der Waals surface area (Å²) in [4.78, 5) is 27.9. The Morgan fingerprint density at radius 2 is 2.19 bits per heavy atom. The molecule has 0 aromatic carbocycles. The Morgan fingerprint density at radius 3 is 2.81 bits per heavy atom. The summed E-state index contributed by atoms with van der Waals surface area (Å²) >= 11 is 0. The summed E-state index contributed by atoms with van der Waals surface area (Å²) in [5.74, 6) is 0. The third-order valence-electron chi connectivity index (χ3n) is 4.65. The number of carbonyl (C=O) groups is 2. The molecule has 1 unspecified atom stereocenters. The summed E-state index contributed by atoms with van der Waals surface area (Å²) in [5, 5.41) is 13.8. The highest BCUT2D eigenvalue weighted by molar-refractivity contribution is 5.89. The van der Waals surface area contributed by atoms with Crippen LogP contribution in [0, 0.1) is 16.7 Å². The summed E-state index contributed by atoms with van der Waals surface area (Å²) in [6, 6.07) is 2.10. The third-order valence-corrected chi connectivity index (χ3v) is 4.65. The van der Waals surface area contributed by atoms with E-state index in [2.05, 4.69) is 11.2 Å². The number of fused-ring (bicyclic) bond motifs is 1. The van der Waals surface area contributed by atoms with Gasteiger partial charge in [-0.3, -0.25) is 14.5 Å². The molecule has 9 nitrogen and oxygen atoms in total. The second-order valence-electron chi connectivity index (χ2n) is 8.43. The predicted octanol–water partition coefficient (Wildman–Crippen LogP) is 2.51. The molecule has 0 aliphatic carbocycles. The maximum atomic E-state index is 12.6. The van der Waals surface area contributed by atoms with E-state index in [1.807, 2.05) is 27.7 Å². The minimum Gasteiger partial charge on any atom is -0.447 e. The average molecular weight is 375 g/mol. The van der Waals surface area contributed by atoms with Crippen molar-refractivity contribution in [2.45, 2.75) is 59.4 Å². The number of hydrogen-bond donors (Lipinski definition) is 0. The third kappa shape index (κ3) is 3.70. The number of hydrogen-bond acceptors (Lipinski definition) is 6. The molecule has 9 heteroatoms. The van der Waals surface area contributed by atoms with Gasteiger partial charge in [0.2, 0.25) is 0 Å². The molecule has 1 aromatic rings. The van der Waals surface area contributed by atoms with Gasteiger partial charge in [-0.25, -0.2) is 9.59 Å². The first-order valence-corrected chi connectivity index (χ1v) is 8.93. The van der Waals surface area contributed by atoms with Crippen molar-refractivity contribution in [3.05, 3.63) is 11.9 Å². The summed E-state index contributed by atoms with van der Waals surface area (Å²) in [5.41, 5.74) is -0.113. The van der Waals surface area contributed by atoms with E-state index in [1.165, 1.54) is 4.90 Å². The van der Waals surface area contributed by atoms with E-state index in [-0.39, 0.29) is 25.7 Å². The molecule has 2 atom stereocenters. The zero-order valence-electron chi connectivity index (χ0n) is 16.4. The van der Waals surface area contributed by atoms with Crippen molar-refractivity contribution in [3.8, 4) is 6.07 Å². The van der Waals surface area contributed by atoms with Crippen molar-refractivity contribution < 1.29 is 19.1 Å². The van der Waals surface area contributed by atoms with Gasteiger partial charge in [0.25, 0.3) is 0 Å². The molecule has 0 bridgehead atoms. The van der Waals surface area contributed by atoms with Crippen molar-refractivity contribution in [1.82, 2.24) is 14.7 Å². The molecule has 0 radical (unpaired) electrons. The lowest BCUT2D eigenvalue weighted by Crippen LogP contribution is -2.50. The average Bonchev–Trinajstić information content (AvgIpc) is 2.97. The van der Waals surface area contributed by atoms with Crippen LogP contribution in [0.25, 0.3) is 0 Å². The fourth-order valence-corrected chi connectivity index (χ4v) is 3.19. The van der Waals surface area contributed by atoms with Crippen LogP contribution in [0.3, 0.4) is 0 Å². The zero-order valence-corrected chi connectivity index (χ0v) is 16.4. The normalized spacial score (nSPS) is 25.5. The van der Waals surface area contributed by atoms with E-state index in [0.717, 1.165) is 5.69 Å². The van der Waals surface area contributed by atoms with Gasteiger partial charge < -0.3 is 9.47 Å². The van der Waals surface area contributed by atoms with Crippen LogP contribution in [0.5, 0.6) is 0 Å². The van der Waals surface area contributed by atoms with Crippen LogP contribution < -0.4 is 4.90 Å². The van der Waals surface area contributed by atoms with E-state index in [4.69, 9.17) is 9.47 Å². The Labute approximate surface area is 158 Å². The van der Waals surface area contributed by atoms with Gasteiger partial charge in [0.15, 0.2) is 0 Å². The largest absolute Gasteiger partial charge is 0.447 e. The molecule has 0 spiro atoms. The molecule has 2 amide bonds. The first-order chi connectivity index (χ1) is 12.5. The fraction of sp³-hybridized carbons (Fsp3) is 0.667. The number of cyclic esters (lactones) is 1. The molecule has 1 fully saturated rings. The van der Waals surface area contributed by atoms with Gasteiger partial charge in [0.05, 0.1) is 49.3 Å². The maximum Gasteiger partial charge on any atom is 0.414 e. The Hall–Kier alpha value is -2.76. The smallest absolute Gasteiger partial charge is 0.414 e. The van der Waals surface area contributed by atoms with E-state index in [9.17, 15) is 14.9 Å². The predicted molar refractivity (Wildman–Crippen MR) is 95.9 cm³/mol. The number of amides is 2. The van der Waals surface area contributed by atoms with E-state index >= 15 is 0 Å². The van der Waals surface area contributed by atoms with Gasteiger partial charge in [0.1, 0.15) is 17.6 Å². The lowest BCUT2D eigenvalue weighted by molar-refractivity contribution is 0.00911. The van der Waals surface area contributed by atoms with Gasteiger partial charge >= 0.3 is 12.2 Å². The Bertz CT molecular complexity index is 806. The highest BCUT2D eigenvalue weighted by Crippen LogP contribution is 2.33. The van der Waals surface area contributed by atoms with Gasteiger partial charge in [0, 0.05) is 0 Å². The van der Waals surface area contributed by atoms with Crippen LogP contribution in [-0.4, -0.2) is 51.7 Å². The quantitative estimate of drug-likeness (QED) is 0.747. The van der Waals surface area contributed by atoms with Crippen molar-refractivity contribution in [3.63, 3.8) is 0 Å². The number of anilines is 1. The molecule has 3 heterocycles. The first-order valence-electron chi connectivity index (χ1n) is 8.93. The molecule has 3 rings (SSSR count). The van der Waals surface area contributed by atoms with Gasteiger partial charge in [-0.15, -0.1) is 0 Å². The molecule has 27 heavy (non-hydrogen) atoms. The van der Waals surface area contributed by atoms with Gasteiger partial charge in [-0.1, -0.05) is 0 Å². The summed E-state index contributed by atoms with van der Waals surface area (Å²) in [6.45, 7) is 10.2. The fourth-order valence-electron chi connectivity index (χ4n) is 3.19. The monoisotopic (exact) mass is 375 g/mol. The van der Waals surface area contributed by atoms with E-state index < -0.39 is 23.2 Å². The van der Waals surface area contributed by atoms with Crippen LogP contribution in [-0.2, 0) is 22.6 Å². The minimum atomic E-state index is -0.796. The van der Waals surface area contributed by atoms with Crippen LogP contribution in [0.2, 0.25) is 0 Å². The van der Waals surface area contributed by atoms with Gasteiger partial charge in [-0.05, 0) is 34.6 Å². The maximum absolute atomic E-state index is 12.6. The van der Waals surface area contributed by atoms with Crippen LogP contribution in [0.1, 0.15) is 40.3 Å². The van der Waals surface area contributed by atoms with Crippen LogP contribution >= 0.6 is 0 Å². The highest BCUT2D eigenvalue weighted by Gasteiger charge is 2.41. The minimum absolute atomic E-state index is 0.0589. The summed E-state index contributed by atoms with van der Waals surface area (Å²) in [6.07, 6.45) is 0.669. The number of aromatic nitrogens is 2. The second-order valence-corrected chi connectivity index (χ2v) is 8.43. The van der Waals surface area contributed by atoms with E-state index in [1.54, 1.807) is 22.7 Å². The zero-order chi connectivity index (χ0) is 20.0. The van der Waals surface area contributed by atoms with Crippen LogP contribution in [0.15, 0.2) is 6.20 Å². The lowest BCUT2D eigenvalue weighted by atomic mass is 9.92. The van der Waals surface area contributed by atoms with E-state index in [0.29, 0.717) is 12.2 Å². The Balaban J connectivity index is 1.88. The van der Waals surface area contributed by atoms with Crippen molar-refractivity contribution >= 4 is 17.9 Å². The molecule has 146 valence electrons. The molecule has 1 aromatic heterocycles. The van der Waals surface area contributed by atoms with Crippen molar-refractivity contribution in [2.75, 3.05) is 18.1 Å². The number of carbonyl (C=O) groups excluding carboxylic acids is 2. The Morgan fingerprint density at radius 1 is 1.48 bits per heavy atom. The molecule has 2 aliphatic rings. The second kappa shape index (κ2) is 6.44. The number of ether oxygens (including phenoxy) is 2. The number of nitrogens with zero attached hydrogens (tertiary/aromatic N) is 5. The number of nitriles is 1. The highest BCUT2D eigenvalue weighted by atomic mass is 16.6. The molecular formula is C18H25N5O4.